The number of hydrogen-bond acceptors (Lipinski definition) is 5. The Labute approximate surface area is 209 Å². The maximum atomic E-state index is 6.19. The Balaban J connectivity index is 1.84. The zero-order chi connectivity index (χ0) is 24.5. The number of anilines is 1. The van der Waals surface area contributed by atoms with Gasteiger partial charge in [0.15, 0.2) is 0 Å². The zero-order valence-corrected chi connectivity index (χ0v) is 21.5. The van der Waals surface area contributed by atoms with Crippen LogP contribution in [0.25, 0.3) is 0 Å². The fourth-order valence-electron chi connectivity index (χ4n) is 4.37. The number of unbranched alkanes of at least 4 members (excludes halogenated alkanes) is 1. The van der Waals surface area contributed by atoms with Crippen molar-refractivity contribution in [1.82, 2.24) is 4.90 Å². The van der Waals surface area contributed by atoms with Crippen molar-refractivity contribution in [2.45, 2.75) is 52.5 Å². The quantitative estimate of drug-likeness (QED) is 0.266. The van der Waals surface area contributed by atoms with Crippen LogP contribution >= 0.6 is 11.6 Å². The van der Waals surface area contributed by atoms with Crippen molar-refractivity contribution in [2.24, 2.45) is 15.9 Å². The van der Waals surface area contributed by atoms with E-state index >= 15 is 0 Å². The second-order valence-corrected chi connectivity index (χ2v) is 9.47. The molecular weight excluding hydrogens is 442 g/mol. The van der Waals surface area contributed by atoms with Gasteiger partial charge in [-0.25, -0.2) is 0 Å². The van der Waals surface area contributed by atoms with Crippen LogP contribution < -0.4 is 11.2 Å². The van der Waals surface area contributed by atoms with E-state index in [2.05, 4.69) is 54.0 Å². The lowest BCUT2D eigenvalue weighted by molar-refractivity contribution is 0.290. The molecule has 5 nitrogen and oxygen atoms in total. The van der Waals surface area contributed by atoms with Gasteiger partial charge in [0.1, 0.15) is 0 Å². The van der Waals surface area contributed by atoms with E-state index in [9.17, 15) is 0 Å². The molecule has 0 amide bonds. The van der Waals surface area contributed by atoms with Crippen LogP contribution in [0, 0.1) is 0 Å². The van der Waals surface area contributed by atoms with E-state index in [0.29, 0.717) is 17.3 Å². The number of nitrogens with two attached hydrogens (primary N) is 1. The molecule has 2 aliphatic rings. The van der Waals surface area contributed by atoms with Crippen molar-refractivity contribution in [2.75, 3.05) is 31.5 Å². The van der Waals surface area contributed by atoms with Gasteiger partial charge in [0, 0.05) is 35.9 Å². The molecule has 0 bridgehead atoms. The van der Waals surface area contributed by atoms with Gasteiger partial charge in [-0.2, -0.15) is 5.10 Å². The molecule has 6 heteroatoms. The standard InChI is InChI=1S/C28H38ClN5/c1-5-6-16-34-17-13-23(14-18-34)20(2)10-11-26-21(3)27(12-15-31-28(26)22(4)33-30)32-25-9-7-8-24(29)19-25/h7-11,13,19,27,32H,3,5-6,12,14-18,30H2,1-2,4H3/b20-10+,26-11+,33-22?. The molecule has 0 aromatic heterocycles. The Bertz CT molecular complexity index is 1030. The van der Waals surface area contributed by atoms with E-state index in [1.807, 2.05) is 31.2 Å². The van der Waals surface area contributed by atoms with E-state index in [1.54, 1.807) is 0 Å². The van der Waals surface area contributed by atoms with Gasteiger partial charge in [-0.15, -0.1) is 0 Å². The van der Waals surface area contributed by atoms with E-state index in [4.69, 9.17) is 22.4 Å². The molecule has 0 saturated carbocycles. The van der Waals surface area contributed by atoms with Crippen LogP contribution in [0.3, 0.4) is 0 Å². The molecule has 2 heterocycles. The Hall–Kier alpha value is -2.63. The summed E-state index contributed by atoms with van der Waals surface area (Å²) in [7, 11) is 0. The lowest BCUT2D eigenvalue weighted by Gasteiger charge is -2.26. The van der Waals surface area contributed by atoms with E-state index in [0.717, 1.165) is 48.5 Å². The Morgan fingerprint density at radius 3 is 2.88 bits per heavy atom. The molecule has 3 rings (SSSR count). The topological polar surface area (TPSA) is 66.0 Å². The average molecular weight is 480 g/mol. The lowest BCUT2D eigenvalue weighted by Crippen LogP contribution is -2.29. The van der Waals surface area contributed by atoms with Crippen LogP contribution in [-0.4, -0.2) is 48.5 Å². The molecule has 3 N–H and O–H groups in total. The first-order chi connectivity index (χ1) is 16.4. The summed E-state index contributed by atoms with van der Waals surface area (Å²) in [6.07, 6.45) is 11.1. The number of hydrazone groups is 1. The minimum Gasteiger partial charge on any atom is -0.378 e. The third-order valence-electron chi connectivity index (χ3n) is 6.54. The minimum atomic E-state index is 0.0336. The summed E-state index contributed by atoms with van der Waals surface area (Å²) < 4.78 is 0. The normalized spacial score (nSPS) is 21.8. The summed E-state index contributed by atoms with van der Waals surface area (Å²) in [6, 6.07) is 7.80. The molecule has 1 atom stereocenters. The van der Waals surface area contributed by atoms with Gasteiger partial charge in [-0.3, -0.25) is 9.89 Å². The molecule has 0 radical (unpaired) electrons. The van der Waals surface area contributed by atoms with Gasteiger partial charge >= 0.3 is 0 Å². The average Bonchev–Trinajstić information content (AvgIpc) is 2.99. The van der Waals surface area contributed by atoms with Gasteiger partial charge < -0.3 is 11.2 Å². The second kappa shape index (κ2) is 12.7. The van der Waals surface area contributed by atoms with Gasteiger partial charge in [-0.05, 0) is 74.6 Å². The van der Waals surface area contributed by atoms with Gasteiger partial charge in [0.2, 0.25) is 0 Å². The fourth-order valence-corrected chi connectivity index (χ4v) is 4.56. The molecule has 0 saturated heterocycles. The maximum Gasteiger partial charge on any atom is 0.0879 e. The summed E-state index contributed by atoms with van der Waals surface area (Å²) in [5.41, 5.74) is 7.15. The Morgan fingerprint density at radius 1 is 1.38 bits per heavy atom. The van der Waals surface area contributed by atoms with E-state index in [-0.39, 0.29) is 6.04 Å². The summed E-state index contributed by atoms with van der Waals surface area (Å²) in [5, 5.41) is 8.23. The molecule has 1 aromatic rings. The van der Waals surface area contributed by atoms with Gasteiger partial charge in [0.05, 0.1) is 17.5 Å². The monoisotopic (exact) mass is 479 g/mol. The molecule has 2 aliphatic heterocycles. The van der Waals surface area contributed by atoms with E-state index < -0.39 is 0 Å². The summed E-state index contributed by atoms with van der Waals surface area (Å²) in [6.45, 7) is 14.8. The summed E-state index contributed by atoms with van der Waals surface area (Å²) in [4.78, 5) is 7.36. The van der Waals surface area contributed by atoms with Gasteiger partial charge in [0.25, 0.3) is 0 Å². The van der Waals surface area contributed by atoms with Crippen molar-refractivity contribution in [3.05, 3.63) is 76.4 Å². The fraction of sp³-hybridized carbons (Fsp3) is 0.429. The number of nitrogens with one attached hydrogen (secondary N) is 1. The highest BCUT2D eigenvalue weighted by molar-refractivity contribution is 6.48. The van der Waals surface area contributed by atoms with Crippen molar-refractivity contribution in [1.29, 1.82) is 0 Å². The van der Waals surface area contributed by atoms with Crippen LogP contribution in [0.4, 0.5) is 5.69 Å². The van der Waals surface area contributed by atoms with Crippen LogP contribution in [0.5, 0.6) is 0 Å². The number of hydrogen-bond donors (Lipinski definition) is 2. The number of aliphatic imine (C=N–C) groups is 1. The number of nitrogens with zero attached hydrogens (tertiary/aromatic N) is 3. The van der Waals surface area contributed by atoms with Crippen molar-refractivity contribution >= 4 is 28.7 Å². The first kappa shape index (κ1) is 26.0. The van der Waals surface area contributed by atoms with Crippen LogP contribution in [-0.2, 0) is 0 Å². The molecule has 182 valence electrons. The highest BCUT2D eigenvalue weighted by Gasteiger charge is 2.24. The highest BCUT2D eigenvalue weighted by atomic mass is 35.5. The zero-order valence-electron chi connectivity index (χ0n) is 20.8. The third-order valence-corrected chi connectivity index (χ3v) is 6.77. The molecular formula is C28H38ClN5. The first-order valence-corrected chi connectivity index (χ1v) is 12.6. The SMILES string of the molecule is C=C1/C(=C\C=C(/C)C2=CCN(CCCC)CC2)C(C(C)=NN)=NCCC1Nc1cccc(Cl)c1. The van der Waals surface area contributed by atoms with Crippen LogP contribution in [0.1, 0.15) is 46.5 Å². The largest absolute Gasteiger partial charge is 0.378 e. The molecule has 34 heavy (non-hydrogen) atoms. The second-order valence-electron chi connectivity index (χ2n) is 9.03. The molecule has 0 spiro atoms. The molecule has 0 fully saturated rings. The summed E-state index contributed by atoms with van der Waals surface area (Å²) in [5.74, 6) is 5.65. The van der Waals surface area contributed by atoms with E-state index in [1.165, 1.54) is 30.5 Å². The predicted molar refractivity (Wildman–Crippen MR) is 148 cm³/mol. The molecule has 1 unspecified atom stereocenters. The predicted octanol–water partition coefficient (Wildman–Crippen LogP) is 6.16. The Morgan fingerprint density at radius 2 is 2.21 bits per heavy atom. The summed E-state index contributed by atoms with van der Waals surface area (Å²) >= 11 is 6.19. The number of rotatable bonds is 8. The molecule has 1 aromatic carbocycles. The lowest BCUT2D eigenvalue weighted by atomic mass is 9.92. The number of benzene rings is 1. The van der Waals surface area contributed by atoms with Crippen molar-refractivity contribution < 1.29 is 0 Å². The third kappa shape index (κ3) is 6.94. The maximum absolute atomic E-state index is 6.19. The van der Waals surface area contributed by atoms with Crippen LogP contribution in [0.2, 0.25) is 5.02 Å². The van der Waals surface area contributed by atoms with Crippen LogP contribution in [0.15, 0.2) is 81.5 Å². The molecule has 0 aliphatic carbocycles. The first-order valence-electron chi connectivity index (χ1n) is 12.2. The van der Waals surface area contributed by atoms with Gasteiger partial charge in [-0.1, -0.05) is 55.8 Å². The van der Waals surface area contributed by atoms with Crippen molar-refractivity contribution in [3.8, 4) is 0 Å². The Kier molecular flexibility index (Phi) is 9.73. The number of halogens is 1. The number of allylic oxidation sites excluding steroid dienone is 3. The smallest absolute Gasteiger partial charge is 0.0879 e. The highest BCUT2D eigenvalue weighted by Crippen LogP contribution is 2.27. The van der Waals surface area contributed by atoms with Crippen molar-refractivity contribution in [3.63, 3.8) is 0 Å². The minimum absolute atomic E-state index is 0.0336.